The normalized spacial score (nSPS) is 23.8. The zero-order valence-corrected chi connectivity index (χ0v) is 12.1. The van der Waals surface area contributed by atoms with Crippen LogP contribution in [0.4, 0.5) is 0 Å². The van der Waals surface area contributed by atoms with E-state index in [0.717, 1.165) is 29.2 Å². The van der Waals surface area contributed by atoms with Crippen LogP contribution < -0.4 is 14.2 Å². The Kier molecular flexibility index (Phi) is 2.51. The molecule has 0 bridgehead atoms. The van der Waals surface area contributed by atoms with Crippen molar-refractivity contribution in [1.82, 2.24) is 0 Å². The highest BCUT2D eigenvalue weighted by Crippen LogP contribution is 2.46. The first-order valence-corrected chi connectivity index (χ1v) is 7.74. The van der Waals surface area contributed by atoms with Gasteiger partial charge in [-0.2, -0.15) is 0 Å². The Morgan fingerprint density at radius 1 is 0.955 bits per heavy atom. The molecule has 0 aromatic heterocycles. The van der Waals surface area contributed by atoms with Crippen LogP contribution >= 0.6 is 0 Å². The Balaban J connectivity index is 1.61. The molecule has 110 valence electrons. The summed E-state index contributed by atoms with van der Waals surface area (Å²) in [6, 6.07) is 12.5. The van der Waals surface area contributed by atoms with Gasteiger partial charge in [0, 0.05) is 11.5 Å². The Morgan fingerprint density at radius 3 is 2.91 bits per heavy atom. The van der Waals surface area contributed by atoms with Crippen LogP contribution in [-0.2, 0) is 6.42 Å². The van der Waals surface area contributed by atoms with Crippen molar-refractivity contribution in [3.8, 4) is 17.2 Å². The first kappa shape index (κ1) is 12.2. The fourth-order valence-corrected chi connectivity index (χ4v) is 3.67. The Morgan fingerprint density at radius 2 is 1.91 bits per heavy atom. The highest BCUT2D eigenvalue weighted by molar-refractivity contribution is 5.69. The third kappa shape index (κ3) is 1.68. The van der Waals surface area contributed by atoms with Gasteiger partial charge in [-0.3, -0.25) is 0 Å². The summed E-state index contributed by atoms with van der Waals surface area (Å²) >= 11 is 0. The molecule has 0 N–H and O–H groups in total. The van der Waals surface area contributed by atoms with Gasteiger partial charge in [0.15, 0.2) is 0 Å². The van der Waals surface area contributed by atoms with Crippen LogP contribution in [0.2, 0.25) is 0 Å². The molecule has 2 aromatic rings. The quantitative estimate of drug-likeness (QED) is 0.743. The van der Waals surface area contributed by atoms with Crippen molar-refractivity contribution >= 4 is 6.08 Å². The maximum Gasteiger partial charge on any atom is 0.140 e. The van der Waals surface area contributed by atoms with Gasteiger partial charge in [-0.15, -0.1) is 0 Å². The first-order chi connectivity index (χ1) is 10.9. The van der Waals surface area contributed by atoms with E-state index in [4.69, 9.17) is 14.2 Å². The SMILES string of the molecule is C1=Cc2c(ccc3c2OC2COc4ccccc4C2C3)OC1. The summed E-state index contributed by atoms with van der Waals surface area (Å²) in [6.45, 7) is 1.24. The van der Waals surface area contributed by atoms with Crippen LogP contribution in [0.1, 0.15) is 22.6 Å². The maximum atomic E-state index is 6.33. The molecule has 0 amide bonds. The average molecular weight is 292 g/mol. The monoisotopic (exact) mass is 292 g/mol. The average Bonchev–Trinajstić information content (AvgIpc) is 2.60. The molecule has 2 aromatic carbocycles. The van der Waals surface area contributed by atoms with Crippen molar-refractivity contribution in [3.05, 3.63) is 59.2 Å². The molecular weight excluding hydrogens is 276 g/mol. The predicted octanol–water partition coefficient (Wildman–Crippen LogP) is 3.57. The molecule has 22 heavy (non-hydrogen) atoms. The van der Waals surface area contributed by atoms with Crippen molar-refractivity contribution in [3.63, 3.8) is 0 Å². The van der Waals surface area contributed by atoms with E-state index in [0.29, 0.717) is 19.1 Å². The van der Waals surface area contributed by atoms with Gasteiger partial charge in [-0.25, -0.2) is 0 Å². The molecule has 3 heterocycles. The number of benzene rings is 2. The summed E-state index contributed by atoms with van der Waals surface area (Å²) in [5.41, 5.74) is 3.59. The van der Waals surface area contributed by atoms with Crippen LogP contribution in [0.5, 0.6) is 17.2 Å². The molecule has 3 aliphatic heterocycles. The molecule has 5 rings (SSSR count). The van der Waals surface area contributed by atoms with Gasteiger partial charge in [0.25, 0.3) is 0 Å². The van der Waals surface area contributed by atoms with Gasteiger partial charge in [0.1, 0.15) is 36.6 Å². The fraction of sp³-hybridized carbons (Fsp3) is 0.263. The minimum absolute atomic E-state index is 0.0734. The molecule has 3 aliphatic rings. The summed E-state index contributed by atoms with van der Waals surface area (Å²) in [6.07, 6.45) is 5.20. The Labute approximate surface area is 129 Å². The van der Waals surface area contributed by atoms with Crippen LogP contribution in [0.25, 0.3) is 6.08 Å². The molecule has 2 atom stereocenters. The van der Waals surface area contributed by atoms with Gasteiger partial charge >= 0.3 is 0 Å². The highest BCUT2D eigenvalue weighted by Gasteiger charge is 2.37. The summed E-state index contributed by atoms with van der Waals surface area (Å²) in [4.78, 5) is 0. The Bertz CT molecular complexity index is 778. The van der Waals surface area contributed by atoms with Crippen LogP contribution in [0, 0.1) is 0 Å². The van der Waals surface area contributed by atoms with E-state index in [1.807, 2.05) is 18.2 Å². The molecular formula is C19H16O3. The van der Waals surface area contributed by atoms with Crippen molar-refractivity contribution in [2.75, 3.05) is 13.2 Å². The number of ether oxygens (including phenoxy) is 3. The molecule has 3 heteroatoms. The van der Waals surface area contributed by atoms with Crippen LogP contribution in [0.3, 0.4) is 0 Å². The molecule has 0 spiro atoms. The van der Waals surface area contributed by atoms with Gasteiger partial charge in [-0.05, 0) is 36.3 Å². The van der Waals surface area contributed by atoms with Gasteiger partial charge < -0.3 is 14.2 Å². The van der Waals surface area contributed by atoms with E-state index >= 15 is 0 Å². The highest BCUT2D eigenvalue weighted by atomic mass is 16.5. The van der Waals surface area contributed by atoms with Gasteiger partial charge in [0.2, 0.25) is 0 Å². The molecule has 0 saturated carbocycles. The lowest BCUT2D eigenvalue weighted by Crippen LogP contribution is -2.39. The molecule has 0 saturated heterocycles. The topological polar surface area (TPSA) is 27.7 Å². The van der Waals surface area contributed by atoms with Crippen LogP contribution in [-0.4, -0.2) is 19.3 Å². The third-order valence-electron chi connectivity index (χ3n) is 4.74. The lowest BCUT2D eigenvalue weighted by atomic mass is 9.82. The lowest BCUT2D eigenvalue weighted by molar-refractivity contribution is 0.0729. The predicted molar refractivity (Wildman–Crippen MR) is 83.8 cm³/mol. The zero-order valence-electron chi connectivity index (χ0n) is 12.1. The second kappa shape index (κ2) is 4.54. The largest absolute Gasteiger partial charge is 0.489 e. The number of para-hydroxylation sites is 1. The molecule has 0 aliphatic carbocycles. The lowest BCUT2D eigenvalue weighted by Gasteiger charge is -2.39. The van der Waals surface area contributed by atoms with Crippen LogP contribution in [0.15, 0.2) is 42.5 Å². The minimum Gasteiger partial charge on any atom is -0.489 e. The molecule has 0 fully saturated rings. The van der Waals surface area contributed by atoms with Crippen molar-refractivity contribution < 1.29 is 14.2 Å². The number of rotatable bonds is 0. The van der Waals surface area contributed by atoms with E-state index in [2.05, 4.69) is 30.3 Å². The minimum atomic E-state index is 0.0734. The first-order valence-electron chi connectivity index (χ1n) is 7.74. The molecule has 0 radical (unpaired) electrons. The summed E-state index contributed by atoms with van der Waals surface area (Å²) in [5.74, 6) is 3.25. The Hall–Kier alpha value is -2.42. The number of hydrogen-bond acceptors (Lipinski definition) is 3. The van der Waals surface area contributed by atoms with Gasteiger partial charge in [0.05, 0.1) is 5.56 Å². The standard InChI is InChI=1S/C19H16O3/c1-2-6-16-13(4-1)15-10-12-7-8-17-14(5-3-9-20-17)19(12)22-18(15)11-21-16/h1-8,15,18H,9-11H2. The second-order valence-corrected chi connectivity index (χ2v) is 5.99. The van der Waals surface area contributed by atoms with Crippen molar-refractivity contribution in [2.45, 2.75) is 18.4 Å². The second-order valence-electron chi connectivity index (χ2n) is 5.99. The molecule has 2 unspecified atom stereocenters. The van der Waals surface area contributed by atoms with Crippen molar-refractivity contribution in [1.29, 1.82) is 0 Å². The number of fused-ring (bicyclic) bond motifs is 6. The number of hydrogen-bond donors (Lipinski definition) is 0. The zero-order chi connectivity index (χ0) is 14.5. The summed E-state index contributed by atoms with van der Waals surface area (Å²) in [5, 5.41) is 0. The fourth-order valence-electron chi connectivity index (χ4n) is 3.67. The maximum absolute atomic E-state index is 6.33. The summed E-state index contributed by atoms with van der Waals surface area (Å²) < 4.78 is 17.9. The molecule has 3 nitrogen and oxygen atoms in total. The van der Waals surface area contributed by atoms with E-state index in [-0.39, 0.29) is 6.10 Å². The van der Waals surface area contributed by atoms with Crippen molar-refractivity contribution in [2.24, 2.45) is 0 Å². The smallest absolute Gasteiger partial charge is 0.140 e. The van der Waals surface area contributed by atoms with E-state index < -0.39 is 0 Å². The van der Waals surface area contributed by atoms with E-state index in [1.165, 1.54) is 11.1 Å². The van der Waals surface area contributed by atoms with E-state index in [1.54, 1.807) is 0 Å². The third-order valence-corrected chi connectivity index (χ3v) is 4.74. The van der Waals surface area contributed by atoms with E-state index in [9.17, 15) is 0 Å². The van der Waals surface area contributed by atoms with Gasteiger partial charge in [-0.1, -0.05) is 24.3 Å². The summed E-state index contributed by atoms with van der Waals surface area (Å²) in [7, 11) is 0.